The van der Waals surface area contributed by atoms with Crippen LogP contribution in [0.1, 0.15) is 22.8 Å². The van der Waals surface area contributed by atoms with E-state index in [9.17, 15) is 14.7 Å². The second-order valence-corrected chi connectivity index (χ2v) is 9.09. The Labute approximate surface area is 215 Å². The number of aryl methyl sites for hydroxylation is 1. The normalized spacial score (nSPS) is 13.4. The number of benzene rings is 2. The molecular formula is C26H29ClN6O3. The molecule has 188 valence electrons. The Balaban J connectivity index is 1.50. The van der Waals surface area contributed by atoms with Crippen LogP contribution in [0.15, 0.2) is 48.5 Å². The quantitative estimate of drug-likeness (QED) is 0.420. The van der Waals surface area contributed by atoms with Gasteiger partial charge in [0, 0.05) is 62.8 Å². The van der Waals surface area contributed by atoms with Crippen molar-refractivity contribution in [2.75, 3.05) is 49.5 Å². The highest BCUT2D eigenvalue weighted by atomic mass is 35.5. The number of aromatic hydroxyl groups is 1. The largest absolute Gasteiger partial charge is 0.507 e. The van der Waals surface area contributed by atoms with Gasteiger partial charge in [-0.3, -0.25) is 9.59 Å². The van der Waals surface area contributed by atoms with Crippen molar-refractivity contribution < 1.29 is 14.7 Å². The van der Waals surface area contributed by atoms with Crippen molar-refractivity contribution in [1.82, 2.24) is 20.2 Å². The molecule has 4 rings (SSSR count). The summed E-state index contributed by atoms with van der Waals surface area (Å²) in [4.78, 5) is 37.4. The summed E-state index contributed by atoms with van der Waals surface area (Å²) in [5.41, 5.74) is 2.04. The van der Waals surface area contributed by atoms with Crippen molar-refractivity contribution >= 4 is 35.1 Å². The van der Waals surface area contributed by atoms with Gasteiger partial charge in [-0.1, -0.05) is 17.7 Å². The van der Waals surface area contributed by atoms with Gasteiger partial charge in [-0.25, -0.2) is 9.97 Å². The maximum Gasteiger partial charge on any atom is 0.257 e. The first kappa shape index (κ1) is 25.2. The number of hydrogen-bond donors (Lipinski definition) is 3. The molecule has 1 aromatic heterocycles. The van der Waals surface area contributed by atoms with E-state index >= 15 is 0 Å². The van der Waals surface area contributed by atoms with Crippen LogP contribution in [0.2, 0.25) is 5.02 Å². The zero-order valence-electron chi connectivity index (χ0n) is 20.3. The first-order chi connectivity index (χ1) is 17.3. The Kier molecular flexibility index (Phi) is 7.90. The van der Waals surface area contributed by atoms with Crippen LogP contribution in [0.5, 0.6) is 5.75 Å². The standard InChI is InChI=1S/C26H29ClN6O3/c1-17-3-8-21(22(35)15-17)26(36)33-13-11-32(12-14-33)24-16-23(29-10-9-28-18(2)34)30-25(31-24)19-4-6-20(27)7-5-19/h3-8,15-16,35H,9-14H2,1-2H3,(H,28,34)(H,29,30,31). The number of hydrogen-bond acceptors (Lipinski definition) is 7. The van der Waals surface area contributed by atoms with E-state index in [4.69, 9.17) is 16.6 Å². The lowest BCUT2D eigenvalue weighted by Crippen LogP contribution is -2.49. The highest BCUT2D eigenvalue weighted by molar-refractivity contribution is 6.30. The molecular weight excluding hydrogens is 480 g/mol. The lowest BCUT2D eigenvalue weighted by atomic mass is 10.1. The second kappa shape index (κ2) is 11.3. The minimum atomic E-state index is -0.183. The molecule has 36 heavy (non-hydrogen) atoms. The second-order valence-electron chi connectivity index (χ2n) is 8.65. The lowest BCUT2D eigenvalue weighted by molar-refractivity contribution is -0.118. The number of nitrogens with one attached hydrogen (secondary N) is 2. The first-order valence-corrected chi connectivity index (χ1v) is 12.1. The Morgan fingerprint density at radius 2 is 1.72 bits per heavy atom. The van der Waals surface area contributed by atoms with Crippen LogP contribution in [-0.2, 0) is 4.79 Å². The predicted octanol–water partition coefficient (Wildman–Crippen LogP) is 3.32. The van der Waals surface area contributed by atoms with E-state index in [1.807, 2.05) is 31.2 Å². The summed E-state index contributed by atoms with van der Waals surface area (Å²) in [6.45, 7) is 6.49. The van der Waals surface area contributed by atoms with E-state index in [0.717, 1.165) is 16.9 Å². The lowest BCUT2D eigenvalue weighted by Gasteiger charge is -2.35. The molecule has 9 nitrogen and oxygen atoms in total. The highest BCUT2D eigenvalue weighted by Gasteiger charge is 2.25. The third-order valence-corrected chi connectivity index (χ3v) is 6.15. The van der Waals surface area contributed by atoms with Gasteiger partial charge in [0.15, 0.2) is 5.82 Å². The number of phenols is 1. The van der Waals surface area contributed by atoms with E-state index in [0.29, 0.717) is 61.5 Å². The zero-order chi connectivity index (χ0) is 25.7. The van der Waals surface area contributed by atoms with Gasteiger partial charge in [-0.05, 0) is 48.9 Å². The Hall–Kier alpha value is -3.85. The van der Waals surface area contributed by atoms with Gasteiger partial charge in [0.05, 0.1) is 5.56 Å². The topological polar surface area (TPSA) is 111 Å². The van der Waals surface area contributed by atoms with Crippen molar-refractivity contribution in [3.63, 3.8) is 0 Å². The van der Waals surface area contributed by atoms with Crippen molar-refractivity contribution in [2.24, 2.45) is 0 Å². The number of amides is 2. The summed E-state index contributed by atoms with van der Waals surface area (Å²) in [7, 11) is 0. The Morgan fingerprint density at radius 1 is 1.00 bits per heavy atom. The molecule has 0 aliphatic carbocycles. The van der Waals surface area contributed by atoms with Crippen LogP contribution in [0.4, 0.5) is 11.6 Å². The van der Waals surface area contributed by atoms with E-state index in [2.05, 4.69) is 20.5 Å². The third kappa shape index (κ3) is 6.23. The van der Waals surface area contributed by atoms with Crippen LogP contribution in [0, 0.1) is 6.92 Å². The third-order valence-electron chi connectivity index (χ3n) is 5.89. The molecule has 3 aromatic rings. The minimum Gasteiger partial charge on any atom is -0.507 e. The number of halogens is 1. The highest BCUT2D eigenvalue weighted by Crippen LogP contribution is 2.26. The van der Waals surface area contributed by atoms with Crippen molar-refractivity contribution in [1.29, 1.82) is 0 Å². The number of anilines is 2. The molecule has 1 aliphatic rings. The number of nitrogens with zero attached hydrogens (tertiary/aromatic N) is 4. The SMILES string of the molecule is CC(=O)NCCNc1cc(N2CCN(C(=O)c3ccc(C)cc3O)CC2)nc(-c2ccc(Cl)cc2)n1. The predicted molar refractivity (Wildman–Crippen MR) is 141 cm³/mol. The summed E-state index contributed by atoms with van der Waals surface area (Å²) in [5, 5.41) is 16.8. The number of rotatable bonds is 7. The van der Waals surface area contributed by atoms with Gasteiger partial charge in [-0.2, -0.15) is 0 Å². The molecule has 0 radical (unpaired) electrons. The molecule has 2 amide bonds. The van der Waals surface area contributed by atoms with Gasteiger partial charge in [0.25, 0.3) is 5.91 Å². The van der Waals surface area contributed by atoms with Crippen LogP contribution < -0.4 is 15.5 Å². The molecule has 0 bridgehead atoms. The molecule has 10 heteroatoms. The molecule has 3 N–H and O–H groups in total. The summed E-state index contributed by atoms with van der Waals surface area (Å²) in [5.74, 6) is 1.65. The number of carbonyl (C=O) groups excluding carboxylic acids is 2. The van der Waals surface area contributed by atoms with Gasteiger partial charge in [0.1, 0.15) is 17.4 Å². The fourth-order valence-electron chi connectivity index (χ4n) is 3.98. The summed E-state index contributed by atoms with van der Waals surface area (Å²) in [6, 6.07) is 14.3. The summed E-state index contributed by atoms with van der Waals surface area (Å²) < 4.78 is 0. The van der Waals surface area contributed by atoms with Crippen LogP contribution in [0.25, 0.3) is 11.4 Å². The minimum absolute atomic E-state index is 0.000755. The van der Waals surface area contributed by atoms with Crippen LogP contribution in [0.3, 0.4) is 0 Å². The Morgan fingerprint density at radius 3 is 2.39 bits per heavy atom. The summed E-state index contributed by atoms with van der Waals surface area (Å²) >= 11 is 6.05. The Bertz CT molecular complexity index is 1240. The van der Waals surface area contributed by atoms with Gasteiger partial charge >= 0.3 is 0 Å². The smallest absolute Gasteiger partial charge is 0.257 e. The van der Waals surface area contributed by atoms with E-state index in [-0.39, 0.29) is 17.6 Å². The average molecular weight is 509 g/mol. The number of aromatic nitrogens is 2. The molecule has 0 saturated carbocycles. The first-order valence-electron chi connectivity index (χ1n) is 11.8. The van der Waals surface area contributed by atoms with Crippen molar-refractivity contribution in [2.45, 2.75) is 13.8 Å². The maximum absolute atomic E-state index is 13.0. The van der Waals surface area contributed by atoms with Gasteiger partial charge in [0.2, 0.25) is 5.91 Å². The number of piperazine rings is 1. The number of phenolic OH excluding ortho intramolecular Hbond substituents is 1. The van der Waals surface area contributed by atoms with Crippen molar-refractivity contribution in [3.8, 4) is 17.1 Å². The molecule has 1 saturated heterocycles. The van der Waals surface area contributed by atoms with Crippen LogP contribution >= 0.6 is 11.6 Å². The molecule has 0 atom stereocenters. The molecule has 0 spiro atoms. The van der Waals surface area contributed by atoms with Crippen LogP contribution in [-0.4, -0.2) is 71.1 Å². The molecule has 1 fully saturated rings. The molecule has 2 aromatic carbocycles. The van der Waals surface area contributed by atoms with Gasteiger partial charge < -0.3 is 25.5 Å². The molecule has 1 aliphatic heterocycles. The van der Waals surface area contributed by atoms with E-state index in [1.165, 1.54) is 6.92 Å². The maximum atomic E-state index is 13.0. The fraction of sp³-hybridized carbons (Fsp3) is 0.308. The summed E-state index contributed by atoms with van der Waals surface area (Å²) in [6.07, 6.45) is 0. The molecule has 2 heterocycles. The van der Waals surface area contributed by atoms with Gasteiger partial charge in [-0.15, -0.1) is 0 Å². The average Bonchev–Trinajstić information content (AvgIpc) is 2.86. The fourth-order valence-corrected chi connectivity index (χ4v) is 4.10. The monoisotopic (exact) mass is 508 g/mol. The van der Waals surface area contributed by atoms with E-state index in [1.54, 1.807) is 29.2 Å². The van der Waals surface area contributed by atoms with E-state index < -0.39 is 0 Å². The van der Waals surface area contributed by atoms with Crippen molar-refractivity contribution in [3.05, 3.63) is 64.7 Å². The zero-order valence-corrected chi connectivity index (χ0v) is 21.0. The molecule has 0 unspecified atom stereocenters. The number of carbonyl (C=O) groups is 2.